The molecule has 2 rings (SSSR count). The Bertz CT molecular complexity index is 331. The first-order valence-electron chi connectivity index (χ1n) is 5.25. The summed E-state index contributed by atoms with van der Waals surface area (Å²) in [5, 5.41) is 0. The molecule has 1 aliphatic rings. The lowest BCUT2D eigenvalue weighted by Crippen LogP contribution is -2.21. The average Bonchev–Trinajstić information content (AvgIpc) is 2.66. The smallest absolute Gasteiger partial charge is 0.184 e. The Labute approximate surface area is 90.2 Å². The van der Waals surface area contributed by atoms with Crippen molar-refractivity contribution in [2.45, 2.75) is 26.2 Å². The minimum absolute atomic E-state index is 0.0361. The largest absolute Gasteiger partial charge is 0.346 e. The third kappa shape index (κ3) is 2.04. The van der Waals surface area contributed by atoms with Crippen molar-refractivity contribution >= 4 is 0 Å². The molecule has 0 radical (unpaired) electrons. The van der Waals surface area contributed by atoms with Crippen LogP contribution in [0.1, 0.15) is 23.0 Å². The topological polar surface area (TPSA) is 44.5 Å². The lowest BCUT2D eigenvalue weighted by molar-refractivity contribution is -0.0593. The molecule has 1 heterocycles. The molecule has 0 aromatic heterocycles. The van der Waals surface area contributed by atoms with Gasteiger partial charge in [-0.05, 0) is 25.0 Å². The molecular formula is C12H17NO2. The number of nitrogens with two attached hydrogens (primary N) is 1. The van der Waals surface area contributed by atoms with Gasteiger partial charge in [-0.25, -0.2) is 0 Å². The van der Waals surface area contributed by atoms with Gasteiger partial charge in [0.15, 0.2) is 6.29 Å². The predicted octanol–water partition coefficient (Wildman–Crippen LogP) is 1.68. The molecule has 0 bridgehead atoms. The number of hydrogen-bond acceptors (Lipinski definition) is 3. The summed E-state index contributed by atoms with van der Waals surface area (Å²) in [6, 6.07) is 6.19. The summed E-state index contributed by atoms with van der Waals surface area (Å²) in [5.74, 6) is 0. The molecule has 0 amide bonds. The Morgan fingerprint density at radius 2 is 2.00 bits per heavy atom. The monoisotopic (exact) mass is 207 g/mol. The predicted molar refractivity (Wildman–Crippen MR) is 58.5 cm³/mol. The van der Waals surface area contributed by atoms with Crippen molar-refractivity contribution in [1.29, 1.82) is 0 Å². The van der Waals surface area contributed by atoms with E-state index in [2.05, 4.69) is 26.0 Å². The molecule has 82 valence electrons. The third-order valence-electron chi connectivity index (χ3n) is 2.79. The number of hydrogen-bond donors (Lipinski definition) is 1. The van der Waals surface area contributed by atoms with Gasteiger partial charge in [-0.3, -0.25) is 0 Å². The summed E-state index contributed by atoms with van der Waals surface area (Å²) < 4.78 is 11.3. The highest BCUT2D eigenvalue weighted by molar-refractivity contribution is 5.34. The Balaban J connectivity index is 2.23. The van der Waals surface area contributed by atoms with Crippen molar-refractivity contribution < 1.29 is 9.47 Å². The van der Waals surface area contributed by atoms with Crippen LogP contribution in [0.15, 0.2) is 18.2 Å². The van der Waals surface area contributed by atoms with Crippen LogP contribution in [0.3, 0.4) is 0 Å². The van der Waals surface area contributed by atoms with Gasteiger partial charge in [-0.15, -0.1) is 0 Å². The van der Waals surface area contributed by atoms with Gasteiger partial charge >= 0.3 is 0 Å². The third-order valence-corrected chi connectivity index (χ3v) is 2.79. The van der Waals surface area contributed by atoms with Gasteiger partial charge in [0.25, 0.3) is 0 Å². The summed E-state index contributed by atoms with van der Waals surface area (Å²) in [7, 11) is 0. The van der Waals surface area contributed by atoms with Crippen LogP contribution < -0.4 is 5.73 Å². The van der Waals surface area contributed by atoms with Gasteiger partial charge in [-0.2, -0.15) is 0 Å². The van der Waals surface area contributed by atoms with E-state index in [1.165, 1.54) is 11.1 Å². The van der Waals surface area contributed by atoms with Crippen LogP contribution in [0.5, 0.6) is 0 Å². The second kappa shape index (κ2) is 4.31. The molecule has 3 heteroatoms. The van der Waals surface area contributed by atoms with Crippen LogP contribution in [0.4, 0.5) is 0 Å². The van der Waals surface area contributed by atoms with Gasteiger partial charge in [0.2, 0.25) is 0 Å². The fraction of sp³-hybridized carbons (Fsp3) is 0.500. The lowest BCUT2D eigenvalue weighted by atomic mass is 10.0. The zero-order chi connectivity index (χ0) is 10.8. The molecule has 0 saturated carbocycles. The molecule has 1 aromatic rings. The Morgan fingerprint density at radius 3 is 2.53 bits per heavy atom. The molecule has 15 heavy (non-hydrogen) atoms. The first-order chi connectivity index (χ1) is 7.22. The van der Waals surface area contributed by atoms with Crippen LogP contribution in [0, 0.1) is 13.8 Å². The van der Waals surface area contributed by atoms with Gasteiger partial charge < -0.3 is 15.2 Å². The normalized spacial score (nSPS) is 25.8. The molecule has 2 atom stereocenters. The van der Waals surface area contributed by atoms with E-state index in [1.807, 2.05) is 6.07 Å². The summed E-state index contributed by atoms with van der Waals surface area (Å²) in [6.07, 6.45) is -0.200. The minimum Gasteiger partial charge on any atom is -0.346 e. The SMILES string of the molecule is Cc1cccc(C)c1C1OCC(CN)O1. The fourth-order valence-corrected chi connectivity index (χ4v) is 1.92. The fourth-order valence-electron chi connectivity index (χ4n) is 1.92. The van der Waals surface area contributed by atoms with Crippen LogP contribution >= 0.6 is 0 Å². The van der Waals surface area contributed by atoms with Gasteiger partial charge in [0.05, 0.1) is 12.7 Å². The molecule has 0 spiro atoms. The quantitative estimate of drug-likeness (QED) is 0.802. The van der Waals surface area contributed by atoms with E-state index >= 15 is 0 Å². The molecule has 2 N–H and O–H groups in total. The van der Waals surface area contributed by atoms with Gasteiger partial charge in [0, 0.05) is 12.1 Å². The van der Waals surface area contributed by atoms with Crippen molar-refractivity contribution in [2.75, 3.05) is 13.2 Å². The maximum atomic E-state index is 5.71. The number of benzene rings is 1. The maximum Gasteiger partial charge on any atom is 0.184 e. The van der Waals surface area contributed by atoms with E-state index in [0.29, 0.717) is 13.2 Å². The standard InChI is InChI=1S/C12H17NO2/c1-8-4-3-5-9(2)11(8)12-14-7-10(6-13)15-12/h3-5,10,12H,6-7,13H2,1-2H3. The number of rotatable bonds is 2. The van der Waals surface area contributed by atoms with Gasteiger partial charge in [-0.1, -0.05) is 18.2 Å². The second-order valence-corrected chi connectivity index (χ2v) is 3.96. The first-order valence-corrected chi connectivity index (χ1v) is 5.25. The minimum atomic E-state index is -0.236. The van der Waals surface area contributed by atoms with Crippen molar-refractivity contribution in [3.63, 3.8) is 0 Å². The molecule has 2 unspecified atom stereocenters. The van der Waals surface area contributed by atoms with Gasteiger partial charge in [0.1, 0.15) is 0 Å². The van der Waals surface area contributed by atoms with E-state index in [4.69, 9.17) is 15.2 Å². The first kappa shape index (κ1) is 10.6. The molecule has 3 nitrogen and oxygen atoms in total. The zero-order valence-corrected chi connectivity index (χ0v) is 9.19. The van der Waals surface area contributed by atoms with Crippen molar-refractivity contribution in [2.24, 2.45) is 5.73 Å². The summed E-state index contributed by atoms with van der Waals surface area (Å²) in [6.45, 7) is 5.26. The van der Waals surface area contributed by atoms with Crippen molar-refractivity contribution in [1.82, 2.24) is 0 Å². The highest BCUT2D eigenvalue weighted by Crippen LogP contribution is 2.30. The Kier molecular flexibility index (Phi) is 3.05. The number of ether oxygens (including phenoxy) is 2. The van der Waals surface area contributed by atoms with E-state index in [-0.39, 0.29) is 12.4 Å². The number of aryl methyl sites for hydroxylation is 2. The molecule has 0 aliphatic carbocycles. The van der Waals surface area contributed by atoms with Crippen molar-refractivity contribution in [3.8, 4) is 0 Å². The molecule has 1 aliphatic heterocycles. The highest BCUT2D eigenvalue weighted by Gasteiger charge is 2.28. The van der Waals surface area contributed by atoms with Crippen LogP contribution in [0.2, 0.25) is 0 Å². The molecule has 1 saturated heterocycles. The van der Waals surface area contributed by atoms with E-state index < -0.39 is 0 Å². The summed E-state index contributed by atoms with van der Waals surface area (Å²) in [4.78, 5) is 0. The van der Waals surface area contributed by atoms with E-state index in [1.54, 1.807) is 0 Å². The summed E-state index contributed by atoms with van der Waals surface area (Å²) >= 11 is 0. The zero-order valence-electron chi connectivity index (χ0n) is 9.19. The molecular weight excluding hydrogens is 190 g/mol. The van der Waals surface area contributed by atoms with Crippen LogP contribution in [-0.2, 0) is 9.47 Å². The van der Waals surface area contributed by atoms with Crippen LogP contribution in [0.25, 0.3) is 0 Å². The van der Waals surface area contributed by atoms with E-state index in [9.17, 15) is 0 Å². The van der Waals surface area contributed by atoms with E-state index in [0.717, 1.165) is 5.56 Å². The summed E-state index contributed by atoms with van der Waals surface area (Å²) in [5.41, 5.74) is 9.10. The highest BCUT2D eigenvalue weighted by atomic mass is 16.7. The molecule has 1 aromatic carbocycles. The lowest BCUT2D eigenvalue weighted by Gasteiger charge is -2.16. The van der Waals surface area contributed by atoms with Crippen LogP contribution in [-0.4, -0.2) is 19.3 Å². The average molecular weight is 207 g/mol. The maximum absolute atomic E-state index is 5.71. The molecule has 1 fully saturated rings. The second-order valence-electron chi connectivity index (χ2n) is 3.96. The Morgan fingerprint density at radius 1 is 1.33 bits per heavy atom. The van der Waals surface area contributed by atoms with Crippen molar-refractivity contribution in [3.05, 3.63) is 34.9 Å². The Hall–Kier alpha value is -0.900.